The maximum absolute atomic E-state index is 12.7. The third-order valence-corrected chi connectivity index (χ3v) is 3.48. The molecule has 3 rings (SSSR count). The molecule has 0 aliphatic rings. The van der Waals surface area contributed by atoms with Crippen molar-refractivity contribution in [2.45, 2.75) is 20.3 Å². The quantitative estimate of drug-likeness (QED) is 0.717. The first-order valence-electron chi connectivity index (χ1n) is 7.04. The summed E-state index contributed by atoms with van der Waals surface area (Å²) in [7, 11) is 0. The van der Waals surface area contributed by atoms with Crippen molar-refractivity contribution < 1.29 is 13.9 Å². The van der Waals surface area contributed by atoms with Crippen molar-refractivity contribution in [3.05, 3.63) is 53.6 Å². The number of aryl methyl sites for hydroxylation is 1. The summed E-state index contributed by atoms with van der Waals surface area (Å²) in [4.78, 5) is 15.8. The molecule has 0 amide bonds. The molecule has 1 aromatic carbocycles. The van der Waals surface area contributed by atoms with Gasteiger partial charge in [0, 0.05) is 11.7 Å². The largest absolute Gasteiger partial charge is 0.493 e. The molecule has 0 saturated heterocycles. The van der Waals surface area contributed by atoms with Crippen LogP contribution >= 0.6 is 0 Å². The SMILES string of the molecule is CCCOc1cccc2[nH]cc(C(=O)c3ccoc3C)c12. The van der Waals surface area contributed by atoms with Gasteiger partial charge in [-0.25, -0.2) is 0 Å². The van der Waals surface area contributed by atoms with Crippen molar-refractivity contribution in [3.63, 3.8) is 0 Å². The molecule has 0 aliphatic carbocycles. The second-order valence-electron chi connectivity index (χ2n) is 4.95. The molecular formula is C17H17NO3. The van der Waals surface area contributed by atoms with Gasteiger partial charge in [0.2, 0.25) is 0 Å². The summed E-state index contributed by atoms with van der Waals surface area (Å²) in [5.41, 5.74) is 2.09. The monoisotopic (exact) mass is 283 g/mol. The standard InChI is InChI=1S/C17H17NO3/c1-3-8-21-15-6-4-5-14-16(15)13(10-18-14)17(19)12-7-9-20-11(12)2/h4-7,9-10,18H,3,8H2,1-2H3. The molecule has 0 radical (unpaired) electrons. The summed E-state index contributed by atoms with van der Waals surface area (Å²) in [6.07, 6.45) is 4.19. The summed E-state index contributed by atoms with van der Waals surface area (Å²) in [6, 6.07) is 7.45. The van der Waals surface area contributed by atoms with Gasteiger partial charge in [0.15, 0.2) is 5.78 Å². The first-order valence-corrected chi connectivity index (χ1v) is 7.04. The number of carbonyl (C=O) groups is 1. The van der Waals surface area contributed by atoms with Gasteiger partial charge in [0.05, 0.1) is 29.4 Å². The van der Waals surface area contributed by atoms with Gasteiger partial charge in [0.1, 0.15) is 11.5 Å². The zero-order chi connectivity index (χ0) is 14.8. The van der Waals surface area contributed by atoms with E-state index in [0.717, 1.165) is 23.1 Å². The highest BCUT2D eigenvalue weighted by Gasteiger charge is 2.20. The molecule has 21 heavy (non-hydrogen) atoms. The van der Waals surface area contributed by atoms with Crippen molar-refractivity contribution in [2.24, 2.45) is 0 Å². The van der Waals surface area contributed by atoms with E-state index in [9.17, 15) is 4.79 Å². The maximum atomic E-state index is 12.7. The Balaban J connectivity index is 2.10. The van der Waals surface area contributed by atoms with Crippen LogP contribution in [0.5, 0.6) is 5.75 Å². The smallest absolute Gasteiger partial charge is 0.198 e. The zero-order valence-electron chi connectivity index (χ0n) is 12.1. The molecule has 2 aromatic heterocycles. The van der Waals surface area contributed by atoms with Crippen molar-refractivity contribution in [2.75, 3.05) is 6.61 Å². The molecule has 0 fully saturated rings. The number of aromatic nitrogens is 1. The highest BCUT2D eigenvalue weighted by atomic mass is 16.5. The molecule has 108 valence electrons. The van der Waals surface area contributed by atoms with E-state index in [1.54, 1.807) is 19.2 Å². The molecule has 0 saturated carbocycles. The van der Waals surface area contributed by atoms with Crippen molar-refractivity contribution in [3.8, 4) is 5.75 Å². The lowest BCUT2D eigenvalue weighted by atomic mass is 10.0. The molecule has 0 atom stereocenters. The average Bonchev–Trinajstić information content (AvgIpc) is 3.10. The molecule has 0 aliphatic heterocycles. The van der Waals surface area contributed by atoms with Crippen LogP contribution < -0.4 is 4.74 Å². The highest BCUT2D eigenvalue weighted by molar-refractivity contribution is 6.18. The number of fused-ring (bicyclic) bond motifs is 1. The van der Waals surface area contributed by atoms with Crippen LogP contribution in [0.4, 0.5) is 0 Å². The third kappa shape index (κ3) is 2.33. The Morgan fingerprint density at radius 2 is 2.14 bits per heavy atom. The van der Waals surface area contributed by atoms with Gasteiger partial charge in [-0.3, -0.25) is 4.79 Å². The van der Waals surface area contributed by atoms with Crippen LogP contribution in [0.15, 0.2) is 41.1 Å². The maximum Gasteiger partial charge on any atom is 0.198 e. The van der Waals surface area contributed by atoms with E-state index < -0.39 is 0 Å². The van der Waals surface area contributed by atoms with Gasteiger partial charge in [-0.15, -0.1) is 0 Å². The number of carbonyl (C=O) groups excluding carboxylic acids is 1. The van der Waals surface area contributed by atoms with Crippen LogP contribution in [0.25, 0.3) is 10.9 Å². The minimum absolute atomic E-state index is 0.0555. The first kappa shape index (κ1) is 13.5. The molecule has 4 heteroatoms. The Hall–Kier alpha value is -2.49. The summed E-state index contributed by atoms with van der Waals surface area (Å²) >= 11 is 0. The van der Waals surface area contributed by atoms with Crippen LogP contribution in [0.3, 0.4) is 0 Å². The van der Waals surface area contributed by atoms with Crippen LogP contribution in [0.2, 0.25) is 0 Å². The van der Waals surface area contributed by atoms with Crippen LogP contribution in [0.1, 0.15) is 35.0 Å². The minimum Gasteiger partial charge on any atom is -0.493 e. The average molecular weight is 283 g/mol. The molecule has 1 N–H and O–H groups in total. The van der Waals surface area contributed by atoms with E-state index in [-0.39, 0.29) is 5.78 Å². The van der Waals surface area contributed by atoms with Gasteiger partial charge in [-0.1, -0.05) is 13.0 Å². The second-order valence-corrected chi connectivity index (χ2v) is 4.95. The van der Waals surface area contributed by atoms with E-state index in [4.69, 9.17) is 9.15 Å². The lowest BCUT2D eigenvalue weighted by Gasteiger charge is -2.07. The van der Waals surface area contributed by atoms with E-state index in [0.29, 0.717) is 23.5 Å². The Kier molecular flexibility index (Phi) is 3.52. The summed E-state index contributed by atoms with van der Waals surface area (Å²) < 4.78 is 11.0. The van der Waals surface area contributed by atoms with Crippen LogP contribution in [-0.4, -0.2) is 17.4 Å². The molecule has 4 nitrogen and oxygen atoms in total. The van der Waals surface area contributed by atoms with Crippen LogP contribution in [-0.2, 0) is 0 Å². The van der Waals surface area contributed by atoms with Gasteiger partial charge in [-0.2, -0.15) is 0 Å². The topological polar surface area (TPSA) is 55.2 Å². The number of furan rings is 1. The normalized spacial score (nSPS) is 11.0. The molecule has 0 unspecified atom stereocenters. The number of hydrogen-bond acceptors (Lipinski definition) is 3. The minimum atomic E-state index is -0.0555. The molecular weight excluding hydrogens is 266 g/mol. The van der Waals surface area contributed by atoms with Gasteiger partial charge >= 0.3 is 0 Å². The Morgan fingerprint density at radius 1 is 1.29 bits per heavy atom. The Bertz CT molecular complexity index is 782. The van der Waals surface area contributed by atoms with Crippen molar-refractivity contribution >= 4 is 16.7 Å². The van der Waals surface area contributed by atoms with Crippen LogP contribution in [0, 0.1) is 6.92 Å². The second kappa shape index (κ2) is 5.48. The number of nitrogens with one attached hydrogen (secondary N) is 1. The third-order valence-electron chi connectivity index (χ3n) is 3.48. The van der Waals surface area contributed by atoms with E-state index >= 15 is 0 Å². The number of hydrogen-bond donors (Lipinski definition) is 1. The molecule has 2 heterocycles. The fourth-order valence-electron chi connectivity index (χ4n) is 2.43. The fourth-order valence-corrected chi connectivity index (χ4v) is 2.43. The van der Waals surface area contributed by atoms with Gasteiger partial charge < -0.3 is 14.1 Å². The van der Waals surface area contributed by atoms with E-state index in [1.807, 2.05) is 18.2 Å². The van der Waals surface area contributed by atoms with E-state index in [1.165, 1.54) is 6.26 Å². The highest BCUT2D eigenvalue weighted by Crippen LogP contribution is 2.31. The fraction of sp³-hybridized carbons (Fsp3) is 0.235. The molecule has 0 bridgehead atoms. The van der Waals surface area contributed by atoms with Gasteiger partial charge in [0.25, 0.3) is 0 Å². The predicted molar refractivity (Wildman–Crippen MR) is 81.0 cm³/mol. The summed E-state index contributed by atoms with van der Waals surface area (Å²) in [5, 5.41) is 0.830. The van der Waals surface area contributed by atoms with Crippen molar-refractivity contribution in [1.29, 1.82) is 0 Å². The molecule has 0 spiro atoms. The van der Waals surface area contributed by atoms with Gasteiger partial charge in [-0.05, 0) is 31.5 Å². The number of aromatic amines is 1. The predicted octanol–water partition coefficient (Wildman–Crippen LogP) is 4.09. The Labute approximate surface area is 122 Å². The molecule has 3 aromatic rings. The number of H-pyrrole nitrogens is 1. The number of benzene rings is 1. The number of ketones is 1. The summed E-state index contributed by atoms with van der Waals surface area (Å²) in [6.45, 7) is 4.47. The Morgan fingerprint density at radius 3 is 2.86 bits per heavy atom. The lowest BCUT2D eigenvalue weighted by Crippen LogP contribution is -2.02. The zero-order valence-corrected chi connectivity index (χ0v) is 12.1. The number of ether oxygens (including phenoxy) is 1. The first-order chi connectivity index (χ1) is 10.2. The summed E-state index contributed by atoms with van der Waals surface area (Å²) in [5.74, 6) is 1.31. The van der Waals surface area contributed by atoms with E-state index in [2.05, 4.69) is 11.9 Å². The van der Waals surface area contributed by atoms with Crippen molar-refractivity contribution in [1.82, 2.24) is 4.98 Å². The lowest BCUT2D eigenvalue weighted by molar-refractivity contribution is 0.103. The number of rotatable bonds is 5.